The molecule has 0 bridgehead atoms. The monoisotopic (exact) mass is 505 g/mol. The Morgan fingerprint density at radius 3 is 1.95 bits per heavy atom. The molecule has 10 heteroatoms. The predicted octanol–water partition coefficient (Wildman–Crippen LogP) is 2.47. The van der Waals surface area contributed by atoms with E-state index in [0.29, 0.717) is 22.5 Å². The van der Waals surface area contributed by atoms with Crippen LogP contribution >= 0.6 is 0 Å². The molecule has 0 saturated heterocycles. The summed E-state index contributed by atoms with van der Waals surface area (Å²) in [6, 6.07) is 18.1. The normalized spacial score (nSPS) is 10.6. The minimum absolute atomic E-state index is 0. The third kappa shape index (κ3) is 8.78. The molecule has 0 spiro atoms. The SMILES string of the molecule is C.NC[C@H](NC(=O)c1ccc(C#Cc2ccc(NC(=O)CNc3ccc(F)cc3)cc2)cc1)C(=O)NO. The fourth-order valence-electron chi connectivity index (χ4n) is 2.99. The summed E-state index contributed by atoms with van der Waals surface area (Å²) < 4.78 is 12.9. The molecule has 3 amide bonds. The van der Waals surface area contributed by atoms with Crippen molar-refractivity contribution in [2.45, 2.75) is 13.5 Å². The summed E-state index contributed by atoms with van der Waals surface area (Å²) in [4.78, 5) is 35.8. The van der Waals surface area contributed by atoms with Gasteiger partial charge in [-0.3, -0.25) is 19.6 Å². The van der Waals surface area contributed by atoms with E-state index in [9.17, 15) is 18.8 Å². The van der Waals surface area contributed by atoms with E-state index in [0.717, 1.165) is 5.56 Å². The van der Waals surface area contributed by atoms with Gasteiger partial charge in [0.2, 0.25) is 5.91 Å². The van der Waals surface area contributed by atoms with Crippen molar-refractivity contribution in [3.05, 3.63) is 95.3 Å². The molecule has 0 aliphatic heterocycles. The lowest BCUT2D eigenvalue weighted by atomic mass is 10.1. The van der Waals surface area contributed by atoms with Crippen LogP contribution in [0.25, 0.3) is 0 Å². The van der Waals surface area contributed by atoms with E-state index in [2.05, 4.69) is 27.8 Å². The fraction of sp³-hybridized carbons (Fsp3) is 0.148. The molecule has 0 saturated carbocycles. The van der Waals surface area contributed by atoms with Crippen molar-refractivity contribution >= 4 is 29.1 Å². The van der Waals surface area contributed by atoms with Crippen LogP contribution in [0.2, 0.25) is 0 Å². The van der Waals surface area contributed by atoms with E-state index in [4.69, 9.17) is 10.9 Å². The van der Waals surface area contributed by atoms with Crippen LogP contribution in [0.4, 0.5) is 15.8 Å². The Morgan fingerprint density at radius 2 is 1.41 bits per heavy atom. The van der Waals surface area contributed by atoms with Gasteiger partial charge < -0.3 is 21.7 Å². The fourth-order valence-corrected chi connectivity index (χ4v) is 2.99. The molecule has 3 aromatic rings. The van der Waals surface area contributed by atoms with Gasteiger partial charge >= 0.3 is 0 Å². The van der Waals surface area contributed by atoms with E-state index in [1.807, 2.05) is 0 Å². The molecule has 0 aromatic heterocycles. The zero-order valence-electron chi connectivity index (χ0n) is 19.0. The molecule has 192 valence electrons. The van der Waals surface area contributed by atoms with Gasteiger partial charge in [-0.15, -0.1) is 0 Å². The number of carbonyl (C=O) groups is 3. The van der Waals surface area contributed by atoms with Gasteiger partial charge in [-0.2, -0.15) is 0 Å². The number of nitrogens with one attached hydrogen (secondary N) is 4. The smallest absolute Gasteiger partial charge is 0.267 e. The maximum absolute atomic E-state index is 12.9. The number of halogens is 1. The zero-order chi connectivity index (χ0) is 25.9. The van der Waals surface area contributed by atoms with E-state index in [1.54, 1.807) is 60.7 Å². The van der Waals surface area contributed by atoms with Crippen LogP contribution in [0.15, 0.2) is 72.8 Å². The average Bonchev–Trinajstić information content (AvgIpc) is 2.90. The van der Waals surface area contributed by atoms with E-state index >= 15 is 0 Å². The van der Waals surface area contributed by atoms with Crippen molar-refractivity contribution in [3.63, 3.8) is 0 Å². The number of amides is 3. The molecule has 3 rings (SSSR count). The summed E-state index contributed by atoms with van der Waals surface area (Å²) in [5.41, 5.74) is 9.82. The first-order valence-electron chi connectivity index (χ1n) is 10.8. The molecule has 3 aromatic carbocycles. The second-order valence-corrected chi connectivity index (χ2v) is 7.55. The highest BCUT2D eigenvalue weighted by atomic mass is 19.1. The van der Waals surface area contributed by atoms with Gasteiger partial charge in [0, 0.05) is 34.6 Å². The zero-order valence-corrected chi connectivity index (χ0v) is 19.0. The Kier molecular flexibility index (Phi) is 10.8. The highest BCUT2D eigenvalue weighted by molar-refractivity contribution is 5.97. The number of hydroxylamine groups is 1. The number of nitrogens with two attached hydrogens (primary N) is 1. The highest BCUT2D eigenvalue weighted by Crippen LogP contribution is 2.11. The highest BCUT2D eigenvalue weighted by Gasteiger charge is 2.19. The van der Waals surface area contributed by atoms with Crippen LogP contribution < -0.4 is 27.2 Å². The molecule has 37 heavy (non-hydrogen) atoms. The maximum Gasteiger partial charge on any atom is 0.267 e. The molecular formula is C27H28FN5O4. The molecule has 0 radical (unpaired) electrons. The number of benzene rings is 3. The summed E-state index contributed by atoms with van der Waals surface area (Å²) in [6.07, 6.45) is 0. The number of anilines is 2. The van der Waals surface area contributed by atoms with Gasteiger partial charge in [0.05, 0.1) is 6.54 Å². The predicted molar refractivity (Wildman–Crippen MR) is 139 cm³/mol. The lowest BCUT2D eigenvalue weighted by Crippen LogP contribution is -2.50. The van der Waals surface area contributed by atoms with Crippen LogP contribution in [0.5, 0.6) is 0 Å². The molecule has 0 aliphatic rings. The minimum atomic E-state index is -1.05. The maximum atomic E-state index is 12.9. The second kappa shape index (κ2) is 14.0. The quantitative estimate of drug-likeness (QED) is 0.158. The summed E-state index contributed by atoms with van der Waals surface area (Å²) in [6.45, 7) is -0.139. The van der Waals surface area contributed by atoms with Crippen LogP contribution in [0.1, 0.15) is 28.9 Å². The molecule has 0 fully saturated rings. The van der Waals surface area contributed by atoms with Crippen molar-refractivity contribution in [1.29, 1.82) is 0 Å². The lowest BCUT2D eigenvalue weighted by molar-refractivity contribution is -0.130. The first-order chi connectivity index (χ1) is 17.4. The molecule has 1 atom stereocenters. The Morgan fingerprint density at radius 1 is 0.865 bits per heavy atom. The summed E-state index contributed by atoms with van der Waals surface area (Å²) >= 11 is 0. The Labute approximate surface area is 214 Å². The van der Waals surface area contributed by atoms with Gasteiger partial charge in [-0.25, -0.2) is 9.87 Å². The largest absolute Gasteiger partial charge is 0.376 e. The third-order valence-corrected chi connectivity index (χ3v) is 4.93. The number of carbonyl (C=O) groups excluding carboxylic acids is 3. The van der Waals surface area contributed by atoms with Crippen LogP contribution in [-0.4, -0.2) is 42.1 Å². The van der Waals surface area contributed by atoms with Gasteiger partial charge in [-0.1, -0.05) is 19.3 Å². The van der Waals surface area contributed by atoms with E-state index in [-0.39, 0.29) is 32.2 Å². The van der Waals surface area contributed by atoms with Crippen molar-refractivity contribution in [2.75, 3.05) is 23.7 Å². The molecule has 0 heterocycles. The summed E-state index contributed by atoms with van der Waals surface area (Å²) in [7, 11) is 0. The first-order valence-corrected chi connectivity index (χ1v) is 10.8. The Bertz CT molecular complexity index is 1270. The number of rotatable bonds is 8. The first kappa shape index (κ1) is 28.5. The van der Waals surface area contributed by atoms with Gasteiger partial charge in [0.1, 0.15) is 11.9 Å². The second-order valence-electron chi connectivity index (χ2n) is 7.55. The van der Waals surface area contributed by atoms with Crippen LogP contribution in [0.3, 0.4) is 0 Å². The average molecular weight is 506 g/mol. The lowest BCUT2D eigenvalue weighted by Gasteiger charge is -2.14. The van der Waals surface area contributed by atoms with Crippen LogP contribution in [0, 0.1) is 17.7 Å². The standard InChI is InChI=1S/C26H24FN5O4.CH4/c27-20-9-13-21(14-10-20)29-16-24(33)30-22-11-5-18(6-12-22)2-1-17-3-7-19(8-4-17)25(34)31-23(15-28)26(35)32-36;/h3-14,23,29,36H,15-16,28H2,(H,30,33)(H,31,34)(H,32,35);1H4/t23-;/m0./s1. The van der Waals surface area contributed by atoms with Gasteiger partial charge in [0.15, 0.2) is 0 Å². The minimum Gasteiger partial charge on any atom is -0.376 e. The topological polar surface area (TPSA) is 146 Å². The molecule has 0 aliphatic carbocycles. The van der Waals surface area contributed by atoms with Crippen molar-refractivity contribution in [3.8, 4) is 11.8 Å². The Balaban J connectivity index is 0.00000481. The van der Waals surface area contributed by atoms with Crippen molar-refractivity contribution < 1.29 is 24.0 Å². The molecular weight excluding hydrogens is 477 g/mol. The summed E-state index contributed by atoms with van der Waals surface area (Å²) in [5.74, 6) is 4.07. The number of hydrogen-bond donors (Lipinski definition) is 6. The molecule has 0 unspecified atom stereocenters. The number of hydrogen-bond acceptors (Lipinski definition) is 6. The Hall–Kier alpha value is -4.72. The van der Waals surface area contributed by atoms with Crippen molar-refractivity contribution in [1.82, 2.24) is 10.8 Å². The molecule has 9 nitrogen and oxygen atoms in total. The van der Waals surface area contributed by atoms with Gasteiger partial charge in [-0.05, 0) is 72.8 Å². The summed E-state index contributed by atoms with van der Waals surface area (Å²) in [5, 5.41) is 16.8. The van der Waals surface area contributed by atoms with Gasteiger partial charge in [0.25, 0.3) is 11.8 Å². The van der Waals surface area contributed by atoms with Crippen LogP contribution in [-0.2, 0) is 9.59 Å². The molecule has 7 N–H and O–H groups in total. The third-order valence-electron chi connectivity index (χ3n) is 4.93. The van der Waals surface area contributed by atoms with E-state index in [1.165, 1.54) is 17.6 Å². The van der Waals surface area contributed by atoms with Crippen molar-refractivity contribution in [2.24, 2.45) is 5.73 Å². The van der Waals surface area contributed by atoms with E-state index < -0.39 is 17.9 Å².